The van der Waals surface area contributed by atoms with Gasteiger partial charge in [-0.2, -0.15) is 0 Å². The second-order valence-electron chi connectivity index (χ2n) is 4.52. The third-order valence-corrected chi connectivity index (χ3v) is 3.05. The molecule has 3 rings (SSSR count). The van der Waals surface area contributed by atoms with Crippen molar-refractivity contribution in [2.75, 3.05) is 5.73 Å². The van der Waals surface area contributed by atoms with E-state index in [0.717, 1.165) is 11.1 Å². The number of ether oxygens (including phenoxy) is 1. The second kappa shape index (κ2) is 5.63. The van der Waals surface area contributed by atoms with Crippen LogP contribution in [0.25, 0.3) is 11.1 Å². The molecule has 0 radical (unpaired) electrons. The van der Waals surface area contributed by atoms with E-state index < -0.39 is 0 Å². The standard InChI is InChI=1S/C17H13FN2O/c18-13-5-9-15(10-6-13)21-14-7-3-12(4-8-14)16-2-1-11-20-17(16)19/h1-11H,(H2,19,20). The molecule has 3 aromatic rings. The number of nitrogens with zero attached hydrogens (tertiary/aromatic N) is 1. The van der Waals surface area contributed by atoms with Crippen molar-refractivity contribution < 1.29 is 9.13 Å². The van der Waals surface area contributed by atoms with Crippen molar-refractivity contribution >= 4 is 5.82 Å². The highest BCUT2D eigenvalue weighted by Crippen LogP contribution is 2.28. The minimum Gasteiger partial charge on any atom is -0.457 e. The van der Waals surface area contributed by atoms with Gasteiger partial charge in [0, 0.05) is 11.8 Å². The van der Waals surface area contributed by atoms with Crippen LogP contribution in [0.5, 0.6) is 11.5 Å². The van der Waals surface area contributed by atoms with Crippen LogP contribution in [0.2, 0.25) is 0 Å². The zero-order valence-corrected chi connectivity index (χ0v) is 11.2. The van der Waals surface area contributed by atoms with Gasteiger partial charge in [-0.1, -0.05) is 12.1 Å². The summed E-state index contributed by atoms with van der Waals surface area (Å²) < 4.78 is 18.5. The van der Waals surface area contributed by atoms with Gasteiger partial charge >= 0.3 is 0 Å². The molecule has 0 bridgehead atoms. The van der Waals surface area contributed by atoms with Gasteiger partial charge < -0.3 is 10.5 Å². The summed E-state index contributed by atoms with van der Waals surface area (Å²) >= 11 is 0. The van der Waals surface area contributed by atoms with E-state index in [1.165, 1.54) is 12.1 Å². The summed E-state index contributed by atoms with van der Waals surface area (Å²) in [5.74, 6) is 1.47. The number of halogens is 1. The van der Waals surface area contributed by atoms with Crippen LogP contribution in [0.4, 0.5) is 10.2 Å². The van der Waals surface area contributed by atoms with Gasteiger partial charge in [0.2, 0.25) is 0 Å². The minimum absolute atomic E-state index is 0.287. The number of rotatable bonds is 3. The van der Waals surface area contributed by atoms with E-state index in [0.29, 0.717) is 17.3 Å². The van der Waals surface area contributed by atoms with E-state index in [4.69, 9.17) is 10.5 Å². The molecule has 1 heterocycles. The van der Waals surface area contributed by atoms with Crippen LogP contribution < -0.4 is 10.5 Å². The molecule has 0 spiro atoms. The molecule has 21 heavy (non-hydrogen) atoms. The molecule has 1 aromatic heterocycles. The van der Waals surface area contributed by atoms with Crippen molar-refractivity contribution in [3.8, 4) is 22.6 Å². The number of aromatic nitrogens is 1. The molecule has 2 aromatic carbocycles. The summed E-state index contributed by atoms with van der Waals surface area (Å²) in [4.78, 5) is 4.06. The molecule has 0 saturated carbocycles. The molecule has 0 aliphatic rings. The Morgan fingerprint density at radius 1 is 0.857 bits per heavy atom. The number of anilines is 1. The first-order valence-corrected chi connectivity index (χ1v) is 6.47. The summed E-state index contributed by atoms with van der Waals surface area (Å²) in [5.41, 5.74) is 7.70. The molecule has 0 fully saturated rings. The minimum atomic E-state index is -0.287. The number of benzene rings is 2. The van der Waals surface area contributed by atoms with E-state index >= 15 is 0 Å². The van der Waals surface area contributed by atoms with E-state index in [-0.39, 0.29) is 5.82 Å². The van der Waals surface area contributed by atoms with Gasteiger partial charge in [0.25, 0.3) is 0 Å². The fourth-order valence-electron chi connectivity index (χ4n) is 2.00. The summed E-state index contributed by atoms with van der Waals surface area (Å²) in [6, 6.07) is 17.1. The summed E-state index contributed by atoms with van der Waals surface area (Å²) in [7, 11) is 0. The molecule has 3 nitrogen and oxygen atoms in total. The summed E-state index contributed by atoms with van der Waals surface area (Å²) in [6.45, 7) is 0. The monoisotopic (exact) mass is 280 g/mol. The Kier molecular flexibility index (Phi) is 3.51. The van der Waals surface area contributed by atoms with Crippen molar-refractivity contribution in [2.45, 2.75) is 0 Å². The summed E-state index contributed by atoms with van der Waals surface area (Å²) in [6.07, 6.45) is 1.66. The first-order valence-electron chi connectivity index (χ1n) is 6.47. The fraction of sp³-hybridized carbons (Fsp3) is 0. The second-order valence-corrected chi connectivity index (χ2v) is 4.52. The maximum absolute atomic E-state index is 12.8. The molecule has 0 unspecified atom stereocenters. The molecule has 4 heteroatoms. The molecule has 2 N–H and O–H groups in total. The SMILES string of the molecule is Nc1ncccc1-c1ccc(Oc2ccc(F)cc2)cc1. The van der Waals surface area contributed by atoms with Crippen LogP contribution in [0.1, 0.15) is 0 Å². The van der Waals surface area contributed by atoms with Crippen LogP contribution >= 0.6 is 0 Å². The number of nitrogen functional groups attached to an aromatic ring is 1. The number of nitrogens with two attached hydrogens (primary N) is 1. The Morgan fingerprint density at radius 3 is 2.10 bits per heavy atom. The topological polar surface area (TPSA) is 48.1 Å². The van der Waals surface area contributed by atoms with Crippen LogP contribution in [-0.2, 0) is 0 Å². The molecule has 104 valence electrons. The molecular weight excluding hydrogens is 267 g/mol. The highest BCUT2D eigenvalue weighted by Gasteiger charge is 2.03. The average molecular weight is 280 g/mol. The van der Waals surface area contributed by atoms with Crippen molar-refractivity contribution in [3.63, 3.8) is 0 Å². The third kappa shape index (κ3) is 3.00. The Bertz CT molecular complexity index is 739. The predicted molar refractivity (Wildman–Crippen MR) is 80.6 cm³/mol. The van der Waals surface area contributed by atoms with Gasteiger partial charge in [-0.3, -0.25) is 0 Å². The van der Waals surface area contributed by atoms with Gasteiger partial charge in [0.15, 0.2) is 0 Å². The lowest BCUT2D eigenvalue weighted by molar-refractivity contribution is 0.480. The Balaban J connectivity index is 1.81. The molecule has 0 saturated heterocycles. The van der Waals surface area contributed by atoms with E-state index in [1.807, 2.05) is 36.4 Å². The van der Waals surface area contributed by atoms with Crippen LogP contribution in [0, 0.1) is 5.82 Å². The Hall–Kier alpha value is -2.88. The maximum atomic E-state index is 12.8. The van der Waals surface area contributed by atoms with E-state index in [1.54, 1.807) is 18.3 Å². The quantitative estimate of drug-likeness (QED) is 0.779. The molecule has 0 aliphatic carbocycles. The van der Waals surface area contributed by atoms with Crippen molar-refractivity contribution in [3.05, 3.63) is 72.7 Å². The van der Waals surface area contributed by atoms with Gasteiger partial charge in [-0.05, 0) is 54.1 Å². The highest BCUT2D eigenvalue weighted by atomic mass is 19.1. The van der Waals surface area contributed by atoms with Crippen molar-refractivity contribution in [1.82, 2.24) is 4.98 Å². The fourth-order valence-corrected chi connectivity index (χ4v) is 2.00. The zero-order valence-electron chi connectivity index (χ0n) is 11.2. The van der Waals surface area contributed by atoms with Gasteiger partial charge in [-0.25, -0.2) is 9.37 Å². The summed E-state index contributed by atoms with van der Waals surface area (Å²) in [5, 5.41) is 0. The first kappa shape index (κ1) is 13.1. The zero-order chi connectivity index (χ0) is 14.7. The maximum Gasteiger partial charge on any atom is 0.131 e. The number of hydrogen-bond donors (Lipinski definition) is 1. The lowest BCUT2D eigenvalue weighted by Gasteiger charge is -2.08. The van der Waals surface area contributed by atoms with E-state index in [9.17, 15) is 4.39 Å². The van der Waals surface area contributed by atoms with Crippen LogP contribution in [-0.4, -0.2) is 4.98 Å². The number of hydrogen-bond acceptors (Lipinski definition) is 3. The molecular formula is C17H13FN2O. The lowest BCUT2D eigenvalue weighted by Crippen LogP contribution is -1.93. The molecule has 0 atom stereocenters. The largest absolute Gasteiger partial charge is 0.457 e. The number of pyridine rings is 1. The van der Waals surface area contributed by atoms with Crippen LogP contribution in [0.15, 0.2) is 66.9 Å². The molecule has 0 amide bonds. The smallest absolute Gasteiger partial charge is 0.131 e. The van der Waals surface area contributed by atoms with Crippen LogP contribution in [0.3, 0.4) is 0 Å². The lowest BCUT2D eigenvalue weighted by atomic mass is 10.1. The first-order chi connectivity index (χ1) is 10.2. The van der Waals surface area contributed by atoms with Gasteiger partial charge in [0.1, 0.15) is 23.1 Å². The molecule has 0 aliphatic heterocycles. The van der Waals surface area contributed by atoms with E-state index in [2.05, 4.69) is 4.98 Å². The normalized spacial score (nSPS) is 10.3. The Morgan fingerprint density at radius 2 is 1.48 bits per heavy atom. The van der Waals surface area contributed by atoms with Gasteiger partial charge in [0.05, 0.1) is 0 Å². The highest BCUT2D eigenvalue weighted by molar-refractivity contribution is 5.73. The third-order valence-electron chi connectivity index (χ3n) is 3.05. The van der Waals surface area contributed by atoms with Crippen molar-refractivity contribution in [2.24, 2.45) is 0 Å². The predicted octanol–water partition coefficient (Wildman–Crippen LogP) is 4.26. The van der Waals surface area contributed by atoms with Crippen molar-refractivity contribution in [1.29, 1.82) is 0 Å². The average Bonchev–Trinajstić information content (AvgIpc) is 2.51. The Labute approximate surface area is 121 Å². The van der Waals surface area contributed by atoms with Gasteiger partial charge in [-0.15, -0.1) is 0 Å².